The van der Waals surface area contributed by atoms with Crippen molar-refractivity contribution in [2.45, 2.75) is 31.0 Å². The summed E-state index contributed by atoms with van der Waals surface area (Å²) in [6.45, 7) is 4.41. The Balaban J connectivity index is 2.32. The molecule has 7 heteroatoms. The van der Waals surface area contributed by atoms with Crippen molar-refractivity contribution in [3.63, 3.8) is 0 Å². The fourth-order valence-electron chi connectivity index (χ4n) is 2.28. The molecule has 0 aliphatic carbocycles. The van der Waals surface area contributed by atoms with Crippen LogP contribution in [0, 0.1) is 0 Å². The zero-order valence-corrected chi connectivity index (χ0v) is 13.2. The van der Waals surface area contributed by atoms with E-state index in [1.807, 2.05) is 13.8 Å². The molecule has 1 aromatic rings. The maximum Gasteiger partial charge on any atom is 0.243 e. The van der Waals surface area contributed by atoms with E-state index in [-0.39, 0.29) is 22.1 Å². The summed E-state index contributed by atoms with van der Waals surface area (Å²) in [4.78, 5) is 0.171. The third-order valence-electron chi connectivity index (χ3n) is 3.15. The van der Waals surface area contributed by atoms with Crippen LogP contribution in [-0.2, 0) is 14.8 Å². The van der Waals surface area contributed by atoms with E-state index in [0.717, 1.165) is 0 Å². The first-order chi connectivity index (χ1) is 9.34. The highest BCUT2D eigenvalue weighted by molar-refractivity contribution is 7.89. The standard InChI is InChI=1S/C13H18ClNO4S/c1-9-7-15(8-10(2)19-9)20(16,17)11-4-5-13(18-3)12(14)6-11/h4-6,9-10H,7-8H2,1-3H3/t9-,10+. The number of methoxy groups -OCH3 is 1. The first-order valence-electron chi connectivity index (χ1n) is 6.33. The molecule has 2 atom stereocenters. The van der Waals surface area contributed by atoms with E-state index >= 15 is 0 Å². The predicted molar refractivity (Wildman–Crippen MR) is 76.8 cm³/mol. The highest BCUT2D eigenvalue weighted by atomic mass is 35.5. The molecule has 1 aliphatic rings. The van der Waals surface area contributed by atoms with Gasteiger partial charge in [0.25, 0.3) is 0 Å². The lowest BCUT2D eigenvalue weighted by Crippen LogP contribution is -2.48. The summed E-state index contributed by atoms with van der Waals surface area (Å²) in [5.74, 6) is 0.453. The van der Waals surface area contributed by atoms with Crippen molar-refractivity contribution in [3.8, 4) is 5.75 Å². The molecule has 1 aromatic carbocycles. The molecule has 112 valence electrons. The van der Waals surface area contributed by atoms with Crippen molar-refractivity contribution >= 4 is 21.6 Å². The van der Waals surface area contributed by atoms with E-state index in [2.05, 4.69) is 0 Å². The molecule has 2 rings (SSSR count). The summed E-state index contributed by atoms with van der Waals surface area (Å²) in [5, 5.41) is 0.280. The molecule has 0 aromatic heterocycles. The number of hydrogen-bond acceptors (Lipinski definition) is 4. The van der Waals surface area contributed by atoms with E-state index in [1.54, 1.807) is 6.07 Å². The van der Waals surface area contributed by atoms with Gasteiger partial charge in [0.2, 0.25) is 10.0 Å². The first-order valence-corrected chi connectivity index (χ1v) is 8.15. The summed E-state index contributed by atoms with van der Waals surface area (Å²) in [6, 6.07) is 4.48. The molecular weight excluding hydrogens is 302 g/mol. The number of nitrogens with zero attached hydrogens (tertiary/aromatic N) is 1. The molecule has 1 fully saturated rings. The number of sulfonamides is 1. The Bertz CT molecular complexity index is 580. The lowest BCUT2D eigenvalue weighted by Gasteiger charge is -2.34. The summed E-state index contributed by atoms with van der Waals surface area (Å²) < 4.78 is 37.2. The van der Waals surface area contributed by atoms with Gasteiger partial charge in [-0.05, 0) is 32.0 Å². The van der Waals surface area contributed by atoms with Gasteiger partial charge in [-0.3, -0.25) is 0 Å². The molecule has 0 bridgehead atoms. The predicted octanol–water partition coefficient (Wildman–Crippen LogP) is 2.15. The van der Waals surface area contributed by atoms with Crippen molar-refractivity contribution in [1.29, 1.82) is 0 Å². The Morgan fingerprint density at radius 3 is 2.40 bits per heavy atom. The van der Waals surface area contributed by atoms with Crippen LogP contribution in [0.4, 0.5) is 0 Å². The average molecular weight is 320 g/mol. The number of morpholine rings is 1. The van der Waals surface area contributed by atoms with Crippen LogP contribution in [0.15, 0.2) is 23.1 Å². The second kappa shape index (κ2) is 5.89. The van der Waals surface area contributed by atoms with Crippen LogP contribution in [-0.4, -0.2) is 45.1 Å². The minimum Gasteiger partial charge on any atom is -0.495 e. The van der Waals surface area contributed by atoms with E-state index < -0.39 is 10.0 Å². The molecule has 0 N–H and O–H groups in total. The molecule has 1 saturated heterocycles. The quantitative estimate of drug-likeness (QED) is 0.856. The van der Waals surface area contributed by atoms with Crippen LogP contribution >= 0.6 is 11.6 Å². The van der Waals surface area contributed by atoms with Gasteiger partial charge in [0, 0.05) is 13.1 Å². The van der Waals surface area contributed by atoms with E-state index in [9.17, 15) is 8.42 Å². The van der Waals surface area contributed by atoms with Crippen molar-refractivity contribution in [2.75, 3.05) is 20.2 Å². The van der Waals surface area contributed by atoms with Gasteiger partial charge in [0.15, 0.2) is 0 Å². The monoisotopic (exact) mass is 319 g/mol. The van der Waals surface area contributed by atoms with Gasteiger partial charge in [-0.2, -0.15) is 4.31 Å². The van der Waals surface area contributed by atoms with Crippen molar-refractivity contribution in [3.05, 3.63) is 23.2 Å². The summed E-state index contributed by atoms with van der Waals surface area (Å²) in [6.07, 6.45) is -0.246. The summed E-state index contributed by atoms with van der Waals surface area (Å²) in [7, 11) is -2.08. The molecule has 1 aliphatic heterocycles. The lowest BCUT2D eigenvalue weighted by molar-refractivity contribution is -0.0440. The van der Waals surface area contributed by atoms with Crippen LogP contribution in [0.3, 0.4) is 0 Å². The van der Waals surface area contributed by atoms with Gasteiger partial charge in [-0.25, -0.2) is 8.42 Å². The largest absolute Gasteiger partial charge is 0.495 e. The van der Waals surface area contributed by atoms with Crippen LogP contribution in [0.1, 0.15) is 13.8 Å². The number of benzene rings is 1. The zero-order valence-electron chi connectivity index (χ0n) is 11.7. The Hall–Kier alpha value is -0.820. The molecular formula is C13H18ClNO4S. The third kappa shape index (κ3) is 3.09. The molecule has 0 unspecified atom stereocenters. The van der Waals surface area contributed by atoms with Gasteiger partial charge in [0.05, 0.1) is 29.2 Å². The van der Waals surface area contributed by atoms with Gasteiger partial charge >= 0.3 is 0 Å². The Kier molecular flexibility index (Phi) is 4.59. The topological polar surface area (TPSA) is 55.8 Å². The summed E-state index contributed by atoms with van der Waals surface area (Å²) in [5.41, 5.74) is 0. The van der Waals surface area contributed by atoms with Crippen molar-refractivity contribution in [1.82, 2.24) is 4.31 Å². The summed E-state index contributed by atoms with van der Waals surface area (Å²) >= 11 is 6.00. The molecule has 0 amide bonds. The third-order valence-corrected chi connectivity index (χ3v) is 5.27. The Morgan fingerprint density at radius 2 is 1.90 bits per heavy atom. The molecule has 5 nitrogen and oxygen atoms in total. The highest BCUT2D eigenvalue weighted by Gasteiger charge is 2.32. The molecule has 20 heavy (non-hydrogen) atoms. The fourth-order valence-corrected chi connectivity index (χ4v) is 4.22. The normalized spacial score (nSPS) is 24.6. The smallest absolute Gasteiger partial charge is 0.243 e. The molecule has 0 radical (unpaired) electrons. The van der Waals surface area contributed by atoms with E-state index in [4.69, 9.17) is 21.1 Å². The van der Waals surface area contributed by atoms with Crippen LogP contribution < -0.4 is 4.74 Å². The second-order valence-corrected chi connectivity index (χ2v) is 7.22. The van der Waals surface area contributed by atoms with Gasteiger partial charge in [0.1, 0.15) is 5.75 Å². The number of rotatable bonds is 3. The minimum absolute atomic E-state index is 0.123. The van der Waals surface area contributed by atoms with Gasteiger partial charge in [-0.15, -0.1) is 0 Å². The Labute approximate surface area is 124 Å². The first kappa shape index (κ1) is 15.6. The molecule has 1 heterocycles. The van der Waals surface area contributed by atoms with Crippen molar-refractivity contribution < 1.29 is 17.9 Å². The van der Waals surface area contributed by atoms with Gasteiger partial charge in [-0.1, -0.05) is 11.6 Å². The van der Waals surface area contributed by atoms with Crippen LogP contribution in [0.5, 0.6) is 5.75 Å². The van der Waals surface area contributed by atoms with E-state index in [1.165, 1.54) is 23.5 Å². The minimum atomic E-state index is -3.56. The van der Waals surface area contributed by atoms with E-state index in [0.29, 0.717) is 18.8 Å². The second-order valence-electron chi connectivity index (χ2n) is 4.88. The average Bonchev–Trinajstić information content (AvgIpc) is 2.37. The fraction of sp³-hybridized carbons (Fsp3) is 0.538. The number of halogens is 1. The lowest BCUT2D eigenvalue weighted by atomic mass is 10.3. The maximum absolute atomic E-state index is 12.6. The Morgan fingerprint density at radius 1 is 1.30 bits per heavy atom. The maximum atomic E-state index is 12.6. The number of ether oxygens (including phenoxy) is 2. The van der Waals surface area contributed by atoms with Crippen LogP contribution in [0.2, 0.25) is 5.02 Å². The highest BCUT2D eigenvalue weighted by Crippen LogP contribution is 2.29. The number of hydrogen-bond donors (Lipinski definition) is 0. The van der Waals surface area contributed by atoms with Gasteiger partial charge < -0.3 is 9.47 Å². The SMILES string of the molecule is COc1ccc(S(=O)(=O)N2C[C@@H](C)O[C@@H](C)C2)cc1Cl. The van der Waals surface area contributed by atoms with Crippen LogP contribution in [0.25, 0.3) is 0 Å². The molecule has 0 saturated carbocycles. The van der Waals surface area contributed by atoms with Crippen molar-refractivity contribution in [2.24, 2.45) is 0 Å². The molecule has 0 spiro atoms. The zero-order chi connectivity index (χ0) is 14.9.